The summed E-state index contributed by atoms with van der Waals surface area (Å²) in [5, 5.41) is 10.2. The van der Waals surface area contributed by atoms with Crippen molar-refractivity contribution in [3.63, 3.8) is 0 Å². The zero-order valence-electron chi connectivity index (χ0n) is 20.6. The first-order chi connectivity index (χ1) is 15.1. The maximum Gasteiger partial charge on any atom is 0.130 e. The van der Waals surface area contributed by atoms with Gasteiger partial charge in [0.05, 0.1) is 12.7 Å². The number of aliphatic hydroxyl groups excluding tert-OH is 1. The number of unbranched alkanes of at least 4 members (excludes halogenated alkanes) is 11. The van der Waals surface area contributed by atoms with Crippen molar-refractivity contribution in [2.24, 2.45) is 0 Å². The second kappa shape index (κ2) is 18.5. The monoisotopic (exact) mass is 436 g/mol. The Morgan fingerprint density at radius 1 is 0.774 bits per heavy atom. The van der Waals surface area contributed by atoms with Gasteiger partial charge in [-0.25, -0.2) is 4.39 Å². The SMILES string of the molecule is CCCCCCCCCCOc1ccc(C(C)CCC(O)CCCCCCC)c(F)c1. The van der Waals surface area contributed by atoms with E-state index in [0.717, 1.165) is 37.7 Å². The molecule has 1 aromatic rings. The predicted molar refractivity (Wildman–Crippen MR) is 132 cm³/mol. The molecule has 180 valence electrons. The maximum atomic E-state index is 14.6. The molecule has 1 aromatic carbocycles. The van der Waals surface area contributed by atoms with E-state index in [4.69, 9.17) is 4.74 Å². The van der Waals surface area contributed by atoms with Gasteiger partial charge < -0.3 is 9.84 Å². The van der Waals surface area contributed by atoms with Gasteiger partial charge in [0.15, 0.2) is 0 Å². The van der Waals surface area contributed by atoms with Crippen LogP contribution in [0.2, 0.25) is 0 Å². The van der Waals surface area contributed by atoms with Crippen molar-refractivity contribution in [2.75, 3.05) is 6.61 Å². The number of hydrogen-bond donors (Lipinski definition) is 1. The predicted octanol–water partition coefficient (Wildman–Crippen LogP) is 8.95. The molecule has 1 N–H and O–H groups in total. The molecule has 0 saturated carbocycles. The van der Waals surface area contributed by atoms with E-state index in [1.165, 1.54) is 76.7 Å². The van der Waals surface area contributed by atoms with Gasteiger partial charge >= 0.3 is 0 Å². The minimum Gasteiger partial charge on any atom is -0.493 e. The summed E-state index contributed by atoms with van der Waals surface area (Å²) in [4.78, 5) is 0. The molecule has 2 atom stereocenters. The highest BCUT2D eigenvalue weighted by Crippen LogP contribution is 2.27. The Balaban J connectivity index is 2.22. The van der Waals surface area contributed by atoms with Gasteiger partial charge in [0.25, 0.3) is 0 Å². The lowest BCUT2D eigenvalue weighted by Crippen LogP contribution is -2.09. The summed E-state index contributed by atoms with van der Waals surface area (Å²) >= 11 is 0. The van der Waals surface area contributed by atoms with Crippen LogP contribution in [0.1, 0.15) is 135 Å². The second-order valence-corrected chi connectivity index (χ2v) is 9.34. The molecule has 0 saturated heterocycles. The summed E-state index contributed by atoms with van der Waals surface area (Å²) in [7, 11) is 0. The second-order valence-electron chi connectivity index (χ2n) is 9.34. The smallest absolute Gasteiger partial charge is 0.130 e. The van der Waals surface area contributed by atoms with Crippen LogP contribution in [0.15, 0.2) is 18.2 Å². The molecule has 2 unspecified atom stereocenters. The summed E-state index contributed by atoms with van der Waals surface area (Å²) in [5.74, 6) is 0.551. The number of rotatable bonds is 20. The third-order valence-corrected chi connectivity index (χ3v) is 6.34. The standard InChI is InChI=1S/C28H49FO2/c1-4-6-8-10-11-12-14-16-22-31-26-20-21-27(28(29)23-26)24(3)18-19-25(30)17-15-13-9-7-5-2/h20-21,23-25,30H,4-19,22H2,1-3H3. The van der Waals surface area contributed by atoms with E-state index < -0.39 is 0 Å². The fraction of sp³-hybridized carbons (Fsp3) is 0.786. The van der Waals surface area contributed by atoms with E-state index in [1.54, 1.807) is 0 Å². The van der Waals surface area contributed by atoms with Crippen LogP contribution < -0.4 is 4.74 Å². The van der Waals surface area contributed by atoms with Crippen molar-refractivity contribution in [3.05, 3.63) is 29.6 Å². The molecule has 3 heteroatoms. The Morgan fingerprint density at radius 3 is 1.97 bits per heavy atom. The first-order valence-electron chi connectivity index (χ1n) is 13.2. The molecule has 0 aliphatic carbocycles. The van der Waals surface area contributed by atoms with E-state index in [2.05, 4.69) is 13.8 Å². The fourth-order valence-electron chi connectivity index (χ4n) is 4.15. The van der Waals surface area contributed by atoms with Gasteiger partial charge in [-0.1, -0.05) is 104 Å². The summed E-state index contributed by atoms with van der Waals surface area (Å²) in [6, 6.07) is 5.28. The molecule has 31 heavy (non-hydrogen) atoms. The molecule has 0 spiro atoms. The van der Waals surface area contributed by atoms with Crippen LogP contribution in [-0.2, 0) is 0 Å². The van der Waals surface area contributed by atoms with E-state index in [0.29, 0.717) is 12.4 Å². The Hall–Kier alpha value is -1.09. The fourth-order valence-corrected chi connectivity index (χ4v) is 4.15. The van der Waals surface area contributed by atoms with Crippen LogP contribution in [-0.4, -0.2) is 17.8 Å². The number of ether oxygens (including phenoxy) is 1. The van der Waals surface area contributed by atoms with Crippen molar-refractivity contribution in [1.29, 1.82) is 0 Å². The quantitative estimate of drug-likeness (QED) is 0.207. The van der Waals surface area contributed by atoms with Crippen molar-refractivity contribution in [2.45, 2.75) is 136 Å². The first kappa shape index (κ1) is 27.9. The zero-order chi connectivity index (χ0) is 22.7. The lowest BCUT2D eigenvalue weighted by Gasteiger charge is -2.17. The average molecular weight is 437 g/mol. The lowest BCUT2D eigenvalue weighted by molar-refractivity contribution is 0.146. The van der Waals surface area contributed by atoms with Crippen molar-refractivity contribution >= 4 is 0 Å². The van der Waals surface area contributed by atoms with Crippen LogP contribution in [0.3, 0.4) is 0 Å². The highest BCUT2D eigenvalue weighted by molar-refractivity contribution is 5.30. The van der Waals surface area contributed by atoms with Gasteiger partial charge in [-0.05, 0) is 43.2 Å². The third-order valence-electron chi connectivity index (χ3n) is 6.34. The first-order valence-corrected chi connectivity index (χ1v) is 13.2. The number of hydrogen-bond acceptors (Lipinski definition) is 2. The number of aliphatic hydroxyl groups is 1. The van der Waals surface area contributed by atoms with Crippen molar-refractivity contribution < 1.29 is 14.2 Å². The van der Waals surface area contributed by atoms with Crippen LogP contribution in [0, 0.1) is 5.82 Å². The minimum absolute atomic E-state index is 0.108. The maximum absolute atomic E-state index is 14.6. The van der Waals surface area contributed by atoms with Crippen LogP contribution in [0.5, 0.6) is 5.75 Å². The molecule has 0 bridgehead atoms. The summed E-state index contributed by atoms with van der Waals surface area (Å²) < 4.78 is 20.3. The highest BCUT2D eigenvalue weighted by atomic mass is 19.1. The van der Waals surface area contributed by atoms with Gasteiger partial charge in [0.2, 0.25) is 0 Å². The summed E-state index contributed by atoms with van der Waals surface area (Å²) in [6.45, 7) is 7.17. The third kappa shape index (κ3) is 13.8. The van der Waals surface area contributed by atoms with E-state index in [1.807, 2.05) is 19.1 Å². The van der Waals surface area contributed by atoms with Gasteiger partial charge in [-0.15, -0.1) is 0 Å². The Labute approximate surface area is 192 Å². The molecule has 0 aliphatic heterocycles. The minimum atomic E-state index is -0.263. The molecule has 0 heterocycles. The van der Waals surface area contributed by atoms with E-state index in [9.17, 15) is 9.50 Å². The molecule has 2 nitrogen and oxygen atoms in total. The number of halogens is 1. The molecular formula is C28H49FO2. The Bertz CT molecular complexity index is 546. The van der Waals surface area contributed by atoms with Crippen LogP contribution >= 0.6 is 0 Å². The van der Waals surface area contributed by atoms with Gasteiger partial charge in [-0.3, -0.25) is 0 Å². The average Bonchev–Trinajstić information content (AvgIpc) is 2.76. The molecule has 0 amide bonds. The Morgan fingerprint density at radius 2 is 1.35 bits per heavy atom. The molecular weight excluding hydrogens is 387 g/mol. The molecule has 1 rings (SSSR count). The molecule has 0 aromatic heterocycles. The summed E-state index contributed by atoms with van der Waals surface area (Å²) in [6.07, 6.45) is 18.4. The topological polar surface area (TPSA) is 29.5 Å². The van der Waals surface area contributed by atoms with E-state index >= 15 is 0 Å². The van der Waals surface area contributed by atoms with Crippen LogP contribution in [0.4, 0.5) is 4.39 Å². The van der Waals surface area contributed by atoms with Gasteiger partial charge in [-0.2, -0.15) is 0 Å². The van der Waals surface area contributed by atoms with Gasteiger partial charge in [0, 0.05) is 6.07 Å². The van der Waals surface area contributed by atoms with Crippen LogP contribution in [0.25, 0.3) is 0 Å². The Kier molecular flexibility index (Phi) is 16.7. The largest absolute Gasteiger partial charge is 0.493 e. The van der Waals surface area contributed by atoms with Gasteiger partial charge in [0.1, 0.15) is 11.6 Å². The van der Waals surface area contributed by atoms with E-state index in [-0.39, 0.29) is 17.8 Å². The number of benzene rings is 1. The zero-order valence-corrected chi connectivity index (χ0v) is 20.6. The summed E-state index contributed by atoms with van der Waals surface area (Å²) in [5.41, 5.74) is 0.731. The van der Waals surface area contributed by atoms with Crippen molar-refractivity contribution in [3.8, 4) is 5.75 Å². The lowest BCUT2D eigenvalue weighted by atomic mass is 9.93. The molecule has 0 aliphatic rings. The molecule has 0 radical (unpaired) electrons. The van der Waals surface area contributed by atoms with Crippen molar-refractivity contribution in [1.82, 2.24) is 0 Å². The highest BCUT2D eigenvalue weighted by Gasteiger charge is 2.14. The molecule has 0 fully saturated rings. The normalized spacial score (nSPS) is 13.3.